The van der Waals surface area contributed by atoms with Crippen LogP contribution in [0.25, 0.3) is 0 Å². The van der Waals surface area contributed by atoms with Gasteiger partial charge < -0.3 is 29.9 Å². The van der Waals surface area contributed by atoms with Crippen molar-refractivity contribution in [3.8, 4) is 5.75 Å². The molecule has 23 heavy (non-hydrogen) atoms. The molecule has 5 atom stereocenters. The third-order valence-corrected chi connectivity index (χ3v) is 4.32. The molecule has 8 nitrogen and oxygen atoms in total. The molecule has 0 amide bonds. The summed E-state index contributed by atoms with van der Waals surface area (Å²) in [6.45, 7) is -0.716. The standard InChI is InChI=1S/C15H16O8/c16-6-10(18)12-13-15(21,14(20)23-12)9(5-11(19)22-13)7-1-3-8(17)4-2-7/h1-4,9-10,12-13,16-18,21H,5-6H2/t9-,10+,12-,13+,15+/m0/s1. The van der Waals surface area contributed by atoms with E-state index in [0.29, 0.717) is 5.56 Å². The maximum Gasteiger partial charge on any atom is 0.343 e. The van der Waals surface area contributed by atoms with E-state index >= 15 is 0 Å². The highest BCUT2D eigenvalue weighted by atomic mass is 16.6. The van der Waals surface area contributed by atoms with Crippen LogP contribution in [0.15, 0.2) is 24.3 Å². The van der Waals surface area contributed by atoms with Crippen LogP contribution in [0.4, 0.5) is 0 Å². The molecule has 2 heterocycles. The summed E-state index contributed by atoms with van der Waals surface area (Å²) in [4.78, 5) is 24.1. The lowest BCUT2D eigenvalue weighted by Gasteiger charge is -2.38. The number of cyclic esters (lactones) is 1. The Morgan fingerprint density at radius 1 is 1.22 bits per heavy atom. The molecule has 0 aromatic heterocycles. The Hall–Kier alpha value is -2.16. The number of benzene rings is 1. The molecule has 2 saturated heterocycles. The zero-order valence-electron chi connectivity index (χ0n) is 12.0. The number of rotatable bonds is 3. The van der Waals surface area contributed by atoms with Crippen molar-refractivity contribution in [2.45, 2.75) is 36.3 Å². The normalized spacial score (nSPS) is 34.5. The van der Waals surface area contributed by atoms with E-state index in [1.165, 1.54) is 24.3 Å². The zero-order valence-corrected chi connectivity index (χ0v) is 12.0. The largest absolute Gasteiger partial charge is 0.508 e. The van der Waals surface area contributed by atoms with Gasteiger partial charge >= 0.3 is 11.9 Å². The molecule has 1 aromatic carbocycles. The Kier molecular flexibility index (Phi) is 3.75. The van der Waals surface area contributed by atoms with Crippen LogP contribution in [0.2, 0.25) is 0 Å². The molecule has 8 heteroatoms. The van der Waals surface area contributed by atoms with E-state index in [1.807, 2.05) is 0 Å². The van der Waals surface area contributed by atoms with Crippen molar-refractivity contribution >= 4 is 11.9 Å². The summed E-state index contributed by atoms with van der Waals surface area (Å²) in [5.74, 6) is -2.63. The smallest absolute Gasteiger partial charge is 0.343 e. The zero-order chi connectivity index (χ0) is 16.8. The highest BCUT2D eigenvalue weighted by Gasteiger charge is 2.67. The van der Waals surface area contributed by atoms with E-state index in [-0.39, 0.29) is 12.2 Å². The lowest BCUT2D eigenvalue weighted by atomic mass is 9.74. The van der Waals surface area contributed by atoms with Gasteiger partial charge in [-0.15, -0.1) is 0 Å². The number of phenols is 1. The molecule has 3 rings (SSSR count). The van der Waals surface area contributed by atoms with Crippen molar-refractivity contribution in [3.63, 3.8) is 0 Å². The van der Waals surface area contributed by atoms with Gasteiger partial charge in [-0.3, -0.25) is 4.79 Å². The molecular weight excluding hydrogens is 308 g/mol. The van der Waals surface area contributed by atoms with E-state index in [4.69, 9.17) is 14.6 Å². The summed E-state index contributed by atoms with van der Waals surface area (Å²) in [7, 11) is 0. The minimum absolute atomic E-state index is 0.00162. The number of esters is 2. The second-order valence-corrected chi connectivity index (χ2v) is 5.70. The minimum Gasteiger partial charge on any atom is -0.508 e. The molecule has 0 aliphatic carbocycles. The van der Waals surface area contributed by atoms with Crippen molar-refractivity contribution in [1.29, 1.82) is 0 Å². The molecule has 0 bridgehead atoms. The van der Waals surface area contributed by atoms with Gasteiger partial charge in [-0.1, -0.05) is 12.1 Å². The highest BCUT2D eigenvalue weighted by Crippen LogP contribution is 2.46. The van der Waals surface area contributed by atoms with Crippen LogP contribution < -0.4 is 0 Å². The third kappa shape index (κ3) is 2.35. The molecule has 2 fully saturated rings. The van der Waals surface area contributed by atoms with Gasteiger partial charge in [-0.25, -0.2) is 4.79 Å². The van der Waals surface area contributed by atoms with Gasteiger partial charge in [-0.05, 0) is 17.7 Å². The Labute approximate surface area is 130 Å². The summed E-state index contributed by atoms with van der Waals surface area (Å²) >= 11 is 0. The van der Waals surface area contributed by atoms with Crippen molar-refractivity contribution in [3.05, 3.63) is 29.8 Å². The number of phenolic OH excluding ortho intramolecular Hbond substituents is 1. The second-order valence-electron chi connectivity index (χ2n) is 5.70. The number of aliphatic hydroxyl groups excluding tert-OH is 2. The van der Waals surface area contributed by atoms with Gasteiger partial charge in [0.25, 0.3) is 0 Å². The molecule has 0 unspecified atom stereocenters. The number of ether oxygens (including phenoxy) is 2. The average Bonchev–Trinajstić information content (AvgIpc) is 2.79. The van der Waals surface area contributed by atoms with Gasteiger partial charge in [0.05, 0.1) is 13.0 Å². The predicted octanol–water partition coefficient (Wildman–Crippen LogP) is -1.20. The Bertz CT molecular complexity index is 627. The molecule has 124 valence electrons. The monoisotopic (exact) mass is 324 g/mol. The quantitative estimate of drug-likeness (QED) is 0.510. The van der Waals surface area contributed by atoms with Gasteiger partial charge in [0.2, 0.25) is 5.60 Å². The van der Waals surface area contributed by atoms with Crippen molar-refractivity contribution in [1.82, 2.24) is 0 Å². The Balaban J connectivity index is 2.02. The maximum atomic E-state index is 12.2. The maximum absolute atomic E-state index is 12.2. The summed E-state index contributed by atoms with van der Waals surface area (Å²) in [5.41, 5.74) is -1.71. The summed E-state index contributed by atoms with van der Waals surface area (Å²) < 4.78 is 10.0. The Morgan fingerprint density at radius 3 is 2.48 bits per heavy atom. The van der Waals surface area contributed by atoms with E-state index in [9.17, 15) is 24.9 Å². The van der Waals surface area contributed by atoms with Crippen molar-refractivity contribution in [2.75, 3.05) is 6.61 Å². The summed E-state index contributed by atoms with van der Waals surface area (Å²) in [6, 6.07) is 5.70. The van der Waals surface area contributed by atoms with Crippen molar-refractivity contribution < 1.29 is 39.5 Å². The lowest BCUT2D eigenvalue weighted by molar-refractivity contribution is -0.185. The highest BCUT2D eigenvalue weighted by molar-refractivity contribution is 5.88. The molecule has 0 radical (unpaired) electrons. The first kappa shape index (κ1) is 15.7. The molecule has 0 saturated carbocycles. The summed E-state index contributed by atoms with van der Waals surface area (Å²) in [6.07, 6.45) is -4.50. The average molecular weight is 324 g/mol. The lowest BCUT2D eigenvalue weighted by Crippen LogP contribution is -2.58. The molecule has 2 aliphatic heterocycles. The third-order valence-electron chi connectivity index (χ3n) is 4.32. The van der Waals surface area contributed by atoms with E-state index in [2.05, 4.69) is 0 Å². The van der Waals surface area contributed by atoms with Gasteiger partial charge in [-0.2, -0.15) is 0 Å². The minimum atomic E-state index is -2.16. The summed E-state index contributed by atoms with van der Waals surface area (Å²) in [5, 5.41) is 39.0. The van der Waals surface area contributed by atoms with E-state index in [0.717, 1.165) is 0 Å². The first-order chi connectivity index (χ1) is 10.9. The molecule has 4 N–H and O–H groups in total. The fourth-order valence-electron chi connectivity index (χ4n) is 3.12. The predicted molar refractivity (Wildman–Crippen MR) is 73.3 cm³/mol. The molecule has 1 aromatic rings. The van der Waals surface area contributed by atoms with Crippen LogP contribution >= 0.6 is 0 Å². The first-order valence-electron chi connectivity index (χ1n) is 7.08. The van der Waals surface area contributed by atoms with Crippen LogP contribution in [0.1, 0.15) is 17.9 Å². The van der Waals surface area contributed by atoms with Crippen molar-refractivity contribution in [2.24, 2.45) is 0 Å². The van der Waals surface area contributed by atoms with Crippen LogP contribution in [-0.4, -0.2) is 62.9 Å². The second kappa shape index (κ2) is 5.48. The van der Waals surface area contributed by atoms with Crippen LogP contribution in [0, 0.1) is 0 Å². The van der Waals surface area contributed by atoms with Crippen LogP contribution in [-0.2, 0) is 19.1 Å². The van der Waals surface area contributed by atoms with E-state index < -0.39 is 48.4 Å². The number of fused-ring (bicyclic) bond motifs is 1. The molecular formula is C15H16O8. The number of hydrogen-bond donors (Lipinski definition) is 4. The van der Waals surface area contributed by atoms with E-state index in [1.54, 1.807) is 0 Å². The number of aromatic hydroxyl groups is 1. The fraction of sp³-hybridized carbons (Fsp3) is 0.467. The Morgan fingerprint density at radius 2 is 1.87 bits per heavy atom. The first-order valence-corrected chi connectivity index (χ1v) is 7.08. The van der Waals surface area contributed by atoms with Gasteiger partial charge in [0, 0.05) is 5.92 Å². The SMILES string of the molecule is O=C1C[C@@H](c2ccc(O)cc2)[C@]2(O)C(=O)O[C@@H]([C@H](O)CO)[C@H]2O1. The van der Waals surface area contributed by atoms with Crippen LogP contribution in [0.3, 0.4) is 0 Å². The molecule has 2 aliphatic rings. The van der Waals surface area contributed by atoms with Gasteiger partial charge in [0.1, 0.15) is 11.9 Å². The fourth-order valence-corrected chi connectivity index (χ4v) is 3.12. The topological polar surface area (TPSA) is 134 Å². The van der Waals surface area contributed by atoms with Gasteiger partial charge in [0.15, 0.2) is 12.2 Å². The number of hydrogen-bond acceptors (Lipinski definition) is 8. The molecule has 0 spiro atoms. The number of carbonyl (C=O) groups is 2. The van der Waals surface area contributed by atoms with Crippen LogP contribution in [0.5, 0.6) is 5.75 Å². The number of aliphatic hydroxyl groups is 3. The number of carbonyl (C=O) groups excluding carboxylic acids is 2.